The van der Waals surface area contributed by atoms with E-state index in [1.165, 1.54) is 0 Å². The Labute approximate surface area is 53.4 Å². The fourth-order valence-corrected chi connectivity index (χ4v) is 0.773. The average molecular weight is 130 g/mol. The van der Waals surface area contributed by atoms with Crippen LogP contribution in [0.4, 0.5) is 0 Å². The van der Waals surface area contributed by atoms with Crippen LogP contribution in [0, 0.1) is 0 Å². The lowest BCUT2D eigenvalue weighted by molar-refractivity contribution is -0.126. The minimum Gasteiger partial charge on any atom is -0.381 e. The zero-order valence-corrected chi connectivity index (χ0v) is 5.46. The molecule has 0 aromatic carbocycles. The number of nitrogens with zero attached hydrogens (tertiary/aromatic N) is 1. The number of aliphatic hydroxyl groups excluding tert-OH is 1. The third-order valence-corrected chi connectivity index (χ3v) is 1.62. The lowest BCUT2D eigenvalue weighted by Crippen LogP contribution is -2.33. The van der Waals surface area contributed by atoms with Crippen molar-refractivity contribution in [3.05, 3.63) is 0 Å². The largest absolute Gasteiger partial charge is 0.381 e. The summed E-state index contributed by atoms with van der Waals surface area (Å²) < 4.78 is 0. The van der Waals surface area contributed by atoms with E-state index in [1.807, 2.05) is 0 Å². The molecule has 0 saturated carbocycles. The number of carbonyl (C=O) groups is 1. The highest BCUT2D eigenvalue weighted by atomic mass is 16.3. The SMILES string of the molecule is C[C@H]1[C@@H](O)C(=O)NN1C. The summed E-state index contributed by atoms with van der Waals surface area (Å²) in [6.07, 6.45) is -0.866. The molecule has 0 aliphatic carbocycles. The molecule has 2 atom stereocenters. The van der Waals surface area contributed by atoms with Crippen molar-refractivity contribution in [2.45, 2.75) is 19.1 Å². The predicted molar refractivity (Wildman–Crippen MR) is 31.4 cm³/mol. The van der Waals surface area contributed by atoms with E-state index >= 15 is 0 Å². The Morgan fingerprint density at radius 3 is 2.44 bits per heavy atom. The number of aliphatic hydroxyl groups is 1. The zero-order valence-electron chi connectivity index (χ0n) is 5.46. The molecule has 0 radical (unpaired) electrons. The van der Waals surface area contributed by atoms with E-state index in [-0.39, 0.29) is 11.9 Å². The molecule has 0 bridgehead atoms. The normalized spacial score (nSPS) is 37.0. The first kappa shape index (κ1) is 6.51. The highest BCUT2D eigenvalue weighted by Gasteiger charge is 2.33. The quantitative estimate of drug-likeness (QED) is 0.429. The molecule has 1 heterocycles. The van der Waals surface area contributed by atoms with Gasteiger partial charge in [0.25, 0.3) is 5.91 Å². The standard InChI is InChI=1S/C5H10N2O2/c1-3-4(8)5(9)6-7(3)2/h3-4,8H,1-2H3,(H,6,9)/t3-,4+/m0/s1. The molecular weight excluding hydrogens is 120 g/mol. The minimum absolute atomic E-state index is 0.113. The van der Waals surface area contributed by atoms with Crippen LogP contribution in [-0.2, 0) is 4.79 Å². The maximum atomic E-state index is 10.6. The molecule has 1 amide bonds. The maximum Gasteiger partial charge on any atom is 0.264 e. The molecule has 0 spiro atoms. The number of carbonyl (C=O) groups excluding carboxylic acids is 1. The fraction of sp³-hybridized carbons (Fsp3) is 0.800. The van der Waals surface area contributed by atoms with Gasteiger partial charge in [0, 0.05) is 7.05 Å². The van der Waals surface area contributed by atoms with Gasteiger partial charge in [0.05, 0.1) is 6.04 Å². The van der Waals surface area contributed by atoms with Gasteiger partial charge in [0.1, 0.15) is 0 Å². The van der Waals surface area contributed by atoms with E-state index in [4.69, 9.17) is 5.11 Å². The first-order valence-corrected chi connectivity index (χ1v) is 2.84. The monoisotopic (exact) mass is 130 g/mol. The summed E-state index contributed by atoms with van der Waals surface area (Å²) >= 11 is 0. The van der Waals surface area contributed by atoms with Gasteiger partial charge in [0.15, 0.2) is 6.10 Å². The van der Waals surface area contributed by atoms with Crippen LogP contribution >= 0.6 is 0 Å². The Bertz CT molecular complexity index is 137. The molecule has 1 aliphatic rings. The summed E-state index contributed by atoms with van der Waals surface area (Å²) in [6, 6.07) is -0.113. The molecule has 1 fully saturated rings. The van der Waals surface area contributed by atoms with Crippen LogP contribution in [0.25, 0.3) is 0 Å². The summed E-state index contributed by atoms with van der Waals surface area (Å²) in [5.41, 5.74) is 2.46. The number of rotatable bonds is 0. The van der Waals surface area contributed by atoms with Crippen molar-refractivity contribution < 1.29 is 9.90 Å². The van der Waals surface area contributed by atoms with E-state index in [0.717, 1.165) is 0 Å². The van der Waals surface area contributed by atoms with Gasteiger partial charge in [-0.05, 0) is 6.92 Å². The van der Waals surface area contributed by atoms with Crippen LogP contribution in [0.5, 0.6) is 0 Å². The number of hydrazine groups is 1. The van der Waals surface area contributed by atoms with Gasteiger partial charge in [-0.25, -0.2) is 5.01 Å². The molecule has 0 aromatic rings. The predicted octanol–water partition coefficient (Wildman–Crippen LogP) is -1.29. The van der Waals surface area contributed by atoms with Crippen LogP contribution in [0.15, 0.2) is 0 Å². The van der Waals surface area contributed by atoms with Gasteiger partial charge >= 0.3 is 0 Å². The number of amides is 1. The van der Waals surface area contributed by atoms with Gasteiger partial charge < -0.3 is 5.11 Å². The minimum atomic E-state index is -0.866. The van der Waals surface area contributed by atoms with E-state index in [0.29, 0.717) is 0 Å². The molecule has 52 valence electrons. The fourth-order valence-electron chi connectivity index (χ4n) is 0.773. The average Bonchev–Trinajstić information content (AvgIpc) is 1.98. The van der Waals surface area contributed by atoms with Crippen LogP contribution in [0.2, 0.25) is 0 Å². The van der Waals surface area contributed by atoms with Gasteiger partial charge in [-0.2, -0.15) is 0 Å². The summed E-state index contributed by atoms with van der Waals surface area (Å²) in [7, 11) is 1.72. The van der Waals surface area contributed by atoms with Crippen LogP contribution in [-0.4, -0.2) is 35.2 Å². The Hall–Kier alpha value is -0.610. The van der Waals surface area contributed by atoms with Gasteiger partial charge in [-0.15, -0.1) is 0 Å². The van der Waals surface area contributed by atoms with Crippen molar-refractivity contribution >= 4 is 5.91 Å². The molecule has 1 rings (SSSR count). The molecule has 4 heteroatoms. The number of hydrogen-bond donors (Lipinski definition) is 2. The second-order valence-corrected chi connectivity index (χ2v) is 2.27. The van der Waals surface area contributed by atoms with Crippen LogP contribution < -0.4 is 5.43 Å². The molecule has 2 N–H and O–H groups in total. The van der Waals surface area contributed by atoms with Gasteiger partial charge in [-0.1, -0.05) is 0 Å². The second kappa shape index (κ2) is 1.97. The van der Waals surface area contributed by atoms with Gasteiger partial charge in [-0.3, -0.25) is 10.2 Å². The summed E-state index contributed by atoms with van der Waals surface area (Å²) in [4.78, 5) is 10.6. The highest BCUT2D eigenvalue weighted by Crippen LogP contribution is 2.06. The zero-order chi connectivity index (χ0) is 7.02. The molecule has 9 heavy (non-hydrogen) atoms. The Balaban J connectivity index is 2.65. The van der Waals surface area contributed by atoms with Crippen molar-refractivity contribution in [2.24, 2.45) is 0 Å². The molecule has 0 aromatic heterocycles. The third-order valence-electron chi connectivity index (χ3n) is 1.62. The molecule has 1 aliphatic heterocycles. The molecule has 4 nitrogen and oxygen atoms in total. The Kier molecular flexibility index (Phi) is 1.42. The first-order chi connectivity index (χ1) is 4.13. The molecule has 1 saturated heterocycles. The van der Waals surface area contributed by atoms with Gasteiger partial charge in [0.2, 0.25) is 0 Å². The number of nitrogens with one attached hydrogen (secondary N) is 1. The summed E-state index contributed by atoms with van der Waals surface area (Å²) in [6.45, 7) is 1.78. The Morgan fingerprint density at radius 2 is 2.33 bits per heavy atom. The lowest BCUT2D eigenvalue weighted by Gasteiger charge is -2.12. The number of hydrogen-bond acceptors (Lipinski definition) is 3. The van der Waals surface area contributed by atoms with Crippen molar-refractivity contribution in [3.63, 3.8) is 0 Å². The lowest BCUT2D eigenvalue weighted by atomic mass is 10.2. The number of likely N-dealkylation sites (N-methyl/N-ethyl adjacent to an activating group) is 1. The second-order valence-electron chi connectivity index (χ2n) is 2.27. The smallest absolute Gasteiger partial charge is 0.264 e. The topological polar surface area (TPSA) is 52.6 Å². The van der Waals surface area contributed by atoms with E-state index in [9.17, 15) is 4.79 Å². The van der Waals surface area contributed by atoms with E-state index in [2.05, 4.69) is 5.43 Å². The molecular formula is C5H10N2O2. The summed E-state index contributed by atoms with van der Waals surface area (Å²) in [5, 5.41) is 10.6. The third kappa shape index (κ3) is 0.906. The Morgan fingerprint density at radius 1 is 1.78 bits per heavy atom. The van der Waals surface area contributed by atoms with Crippen LogP contribution in [0.3, 0.4) is 0 Å². The first-order valence-electron chi connectivity index (χ1n) is 2.84. The maximum absolute atomic E-state index is 10.6. The van der Waals surface area contributed by atoms with Crippen LogP contribution in [0.1, 0.15) is 6.92 Å². The van der Waals surface area contributed by atoms with Crippen molar-refractivity contribution in [1.82, 2.24) is 10.4 Å². The van der Waals surface area contributed by atoms with Crippen molar-refractivity contribution in [1.29, 1.82) is 0 Å². The van der Waals surface area contributed by atoms with Crippen molar-refractivity contribution in [3.8, 4) is 0 Å². The summed E-state index contributed by atoms with van der Waals surface area (Å²) in [5.74, 6) is -0.315. The highest BCUT2D eigenvalue weighted by molar-refractivity contribution is 5.82. The van der Waals surface area contributed by atoms with Crippen molar-refractivity contribution in [2.75, 3.05) is 7.05 Å². The van der Waals surface area contributed by atoms with E-state index in [1.54, 1.807) is 19.0 Å². The van der Waals surface area contributed by atoms with E-state index < -0.39 is 6.10 Å². The molecule has 0 unspecified atom stereocenters.